The van der Waals surface area contributed by atoms with Crippen molar-refractivity contribution in [1.29, 1.82) is 0 Å². The summed E-state index contributed by atoms with van der Waals surface area (Å²) in [6.45, 7) is -0.312. The summed E-state index contributed by atoms with van der Waals surface area (Å²) in [5.74, 6) is 5.12. The number of rotatable bonds is 1. The Morgan fingerprint density at radius 1 is 1.47 bits per heavy atom. The first-order chi connectivity index (χ1) is 8.26. The zero-order valence-electron chi connectivity index (χ0n) is 9.20. The van der Waals surface area contributed by atoms with Gasteiger partial charge in [-0.05, 0) is 18.2 Å². The molecule has 4 heteroatoms. The van der Waals surface area contributed by atoms with Gasteiger partial charge in [0.15, 0.2) is 5.82 Å². The van der Waals surface area contributed by atoms with Crippen LogP contribution in [0.3, 0.4) is 0 Å². The summed E-state index contributed by atoms with van der Waals surface area (Å²) in [6.07, 6.45) is 1.12. The van der Waals surface area contributed by atoms with Gasteiger partial charge in [-0.3, -0.25) is 4.98 Å². The van der Waals surface area contributed by atoms with Crippen LogP contribution in [0.4, 0.5) is 4.39 Å². The first kappa shape index (κ1) is 11.4. The number of hydrogen-bond donors (Lipinski definition) is 1. The summed E-state index contributed by atoms with van der Waals surface area (Å²) < 4.78 is 18.7. The summed E-state index contributed by atoms with van der Waals surface area (Å²) in [7, 11) is 1.53. The van der Waals surface area contributed by atoms with Crippen LogP contribution in [-0.4, -0.2) is 23.8 Å². The van der Waals surface area contributed by atoms with Gasteiger partial charge in [0.25, 0.3) is 0 Å². The van der Waals surface area contributed by atoms with Gasteiger partial charge in [-0.1, -0.05) is 11.8 Å². The molecule has 1 aromatic heterocycles. The Morgan fingerprint density at radius 2 is 2.29 bits per heavy atom. The maximum atomic E-state index is 13.6. The molecular formula is C13H10FNO2. The Kier molecular flexibility index (Phi) is 3.22. The van der Waals surface area contributed by atoms with Gasteiger partial charge in [-0.25, -0.2) is 4.39 Å². The van der Waals surface area contributed by atoms with Crippen LogP contribution < -0.4 is 4.74 Å². The Balaban J connectivity index is 2.73. The third-order valence-electron chi connectivity index (χ3n) is 2.32. The van der Waals surface area contributed by atoms with Crippen molar-refractivity contribution in [3.05, 3.63) is 35.8 Å². The van der Waals surface area contributed by atoms with Crippen LogP contribution in [0, 0.1) is 17.7 Å². The molecular weight excluding hydrogens is 221 g/mol. The molecule has 2 aromatic rings. The molecule has 0 aliphatic carbocycles. The molecule has 86 valence electrons. The molecule has 0 unspecified atom stereocenters. The molecule has 0 amide bonds. The molecule has 0 bridgehead atoms. The number of aliphatic hydroxyl groups excluding tert-OH is 1. The highest BCUT2D eigenvalue weighted by Gasteiger charge is 2.07. The van der Waals surface area contributed by atoms with Crippen molar-refractivity contribution in [2.75, 3.05) is 13.7 Å². The highest BCUT2D eigenvalue weighted by molar-refractivity contribution is 5.86. The van der Waals surface area contributed by atoms with E-state index in [4.69, 9.17) is 9.84 Å². The highest BCUT2D eigenvalue weighted by Crippen LogP contribution is 2.23. The van der Waals surface area contributed by atoms with Gasteiger partial charge in [0, 0.05) is 5.39 Å². The summed E-state index contributed by atoms with van der Waals surface area (Å²) in [5.41, 5.74) is 0.859. The normalized spacial score (nSPS) is 9.82. The molecule has 17 heavy (non-hydrogen) atoms. The van der Waals surface area contributed by atoms with E-state index in [2.05, 4.69) is 16.8 Å². The van der Waals surface area contributed by atoms with Gasteiger partial charge in [-0.2, -0.15) is 0 Å². The second kappa shape index (κ2) is 4.81. The van der Waals surface area contributed by atoms with Crippen molar-refractivity contribution in [3.8, 4) is 17.6 Å². The summed E-state index contributed by atoms with van der Waals surface area (Å²) in [6, 6.07) is 5.15. The molecule has 0 spiro atoms. The second-order valence-corrected chi connectivity index (χ2v) is 3.32. The third kappa shape index (κ3) is 2.19. The lowest BCUT2D eigenvalue weighted by molar-refractivity contribution is 0.350. The molecule has 0 fully saturated rings. The molecule has 0 saturated carbocycles. The quantitative estimate of drug-likeness (QED) is 0.760. The first-order valence-corrected chi connectivity index (χ1v) is 4.98. The fraction of sp³-hybridized carbons (Fsp3) is 0.154. The lowest BCUT2D eigenvalue weighted by Gasteiger charge is -2.04. The van der Waals surface area contributed by atoms with Crippen LogP contribution in [-0.2, 0) is 0 Å². The molecule has 3 nitrogen and oxygen atoms in total. The van der Waals surface area contributed by atoms with Gasteiger partial charge in [0.1, 0.15) is 12.4 Å². The number of nitrogens with zero attached hydrogens (tertiary/aromatic N) is 1. The number of aromatic nitrogens is 1. The molecule has 0 radical (unpaired) electrons. The Labute approximate surface area is 97.9 Å². The van der Waals surface area contributed by atoms with Crippen molar-refractivity contribution < 1.29 is 14.2 Å². The standard InChI is InChI=1S/C13H10FNO2/c1-17-9-4-5-13-11(7-9)10(3-2-6-16)12(14)8-15-13/h4-5,7-8,16H,6H2,1H3. The number of halogens is 1. The summed E-state index contributed by atoms with van der Waals surface area (Å²) >= 11 is 0. The van der Waals surface area contributed by atoms with E-state index >= 15 is 0 Å². The fourth-order valence-corrected chi connectivity index (χ4v) is 1.53. The Morgan fingerprint density at radius 3 is 3.00 bits per heavy atom. The number of methoxy groups -OCH3 is 1. The molecule has 0 aliphatic rings. The van der Waals surface area contributed by atoms with E-state index < -0.39 is 5.82 Å². The van der Waals surface area contributed by atoms with Crippen molar-refractivity contribution in [3.63, 3.8) is 0 Å². The number of pyridine rings is 1. The summed E-state index contributed by atoms with van der Waals surface area (Å²) in [4.78, 5) is 3.96. The fourth-order valence-electron chi connectivity index (χ4n) is 1.53. The average molecular weight is 231 g/mol. The zero-order chi connectivity index (χ0) is 12.3. The lowest BCUT2D eigenvalue weighted by Crippen LogP contribution is -1.91. The zero-order valence-corrected chi connectivity index (χ0v) is 9.20. The van der Waals surface area contributed by atoms with E-state index in [-0.39, 0.29) is 12.2 Å². The van der Waals surface area contributed by atoms with Gasteiger partial charge < -0.3 is 9.84 Å². The highest BCUT2D eigenvalue weighted by atomic mass is 19.1. The Bertz CT molecular complexity index is 614. The number of hydrogen-bond acceptors (Lipinski definition) is 3. The van der Waals surface area contributed by atoms with Crippen molar-refractivity contribution in [2.45, 2.75) is 0 Å². The van der Waals surface area contributed by atoms with Crippen molar-refractivity contribution >= 4 is 10.9 Å². The van der Waals surface area contributed by atoms with Crippen LogP contribution in [0.2, 0.25) is 0 Å². The molecule has 1 heterocycles. The molecule has 0 atom stereocenters. The molecule has 0 saturated heterocycles. The SMILES string of the molecule is COc1ccc2ncc(F)c(C#CCO)c2c1. The first-order valence-electron chi connectivity index (χ1n) is 4.98. The minimum atomic E-state index is -0.508. The largest absolute Gasteiger partial charge is 0.497 e. The number of ether oxygens (including phenoxy) is 1. The minimum Gasteiger partial charge on any atom is -0.497 e. The van der Waals surface area contributed by atoms with E-state index in [9.17, 15) is 4.39 Å². The van der Waals surface area contributed by atoms with Crippen molar-refractivity contribution in [2.24, 2.45) is 0 Å². The van der Waals surface area contributed by atoms with Gasteiger partial charge >= 0.3 is 0 Å². The average Bonchev–Trinajstić information content (AvgIpc) is 2.37. The van der Waals surface area contributed by atoms with Gasteiger partial charge in [0.05, 0.1) is 24.4 Å². The lowest BCUT2D eigenvalue weighted by atomic mass is 10.1. The van der Waals surface area contributed by atoms with Gasteiger partial charge in [0.2, 0.25) is 0 Å². The summed E-state index contributed by atoms with van der Waals surface area (Å²) in [5, 5.41) is 9.23. The van der Waals surface area contributed by atoms with Gasteiger partial charge in [-0.15, -0.1) is 0 Å². The van der Waals surface area contributed by atoms with Crippen LogP contribution in [0.5, 0.6) is 5.75 Å². The predicted molar refractivity (Wildman–Crippen MR) is 62.2 cm³/mol. The van der Waals surface area contributed by atoms with Crippen LogP contribution >= 0.6 is 0 Å². The maximum absolute atomic E-state index is 13.6. The van der Waals surface area contributed by atoms with E-state index in [1.165, 1.54) is 7.11 Å². The monoisotopic (exact) mass is 231 g/mol. The topological polar surface area (TPSA) is 42.4 Å². The number of benzene rings is 1. The van der Waals surface area contributed by atoms with Crippen LogP contribution in [0.15, 0.2) is 24.4 Å². The van der Waals surface area contributed by atoms with E-state index in [0.717, 1.165) is 6.20 Å². The molecule has 1 aromatic carbocycles. The predicted octanol–water partition coefficient (Wildman–Crippen LogP) is 1.73. The van der Waals surface area contributed by atoms with Crippen molar-refractivity contribution in [1.82, 2.24) is 4.98 Å². The van der Waals surface area contributed by atoms with Crippen LogP contribution in [0.25, 0.3) is 10.9 Å². The van der Waals surface area contributed by atoms with E-state index in [0.29, 0.717) is 16.7 Å². The third-order valence-corrected chi connectivity index (χ3v) is 2.32. The maximum Gasteiger partial charge on any atom is 0.157 e. The second-order valence-electron chi connectivity index (χ2n) is 3.32. The molecule has 2 rings (SSSR count). The minimum absolute atomic E-state index is 0.225. The van der Waals surface area contributed by atoms with E-state index in [1.807, 2.05) is 0 Å². The molecule has 1 N–H and O–H groups in total. The number of aliphatic hydroxyl groups is 1. The Hall–Kier alpha value is -2.12. The smallest absolute Gasteiger partial charge is 0.157 e. The molecule has 0 aliphatic heterocycles. The van der Waals surface area contributed by atoms with Crippen LogP contribution in [0.1, 0.15) is 5.56 Å². The number of fused-ring (bicyclic) bond motifs is 1. The van der Waals surface area contributed by atoms with E-state index in [1.54, 1.807) is 18.2 Å².